The fourth-order valence-corrected chi connectivity index (χ4v) is 2.97. The van der Waals surface area contributed by atoms with Gasteiger partial charge in [-0.05, 0) is 24.8 Å². The highest BCUT2D eigenvalue weighted by atomic mass is 16.5. The van der Waals surface area contributed by atoms with E-state index >= 15 is 0 Å². The summed E-state index contributed by atoms with van der Waals surface area (Å²) in [5.74, 6) is 0. The highest BCUT2D eigenvalue weighted by molar-refractivity contribution is 5.69. The molecule has 0 atom stereocenters. The largest absolute Gasteiger partial charge is 0.445 e. The topological polar surface area (TPSA) is 64.3 Å². The van der Waals surface area contributed by atoms with Crippen molar-refractivity contribution in [2.45, 2.75) is 36.9 Å². The molecule has 2 bridgehead atoms. The summed E-state index contributed by atoms with van der Waals surface area (Å²) in [6.45, 7) is 0.316. The number of carbonyl (C=O) groups is 1. The van der Waals surface area contributed by atoms with Gasteiger partial charge in [0.2, 0.25) is 0 Å². The molecular weight excluding hydrogens is 216 g/mol. The molecule has 4 nitrogen and oxygen atoms in total. The molecule has 1 aromatic rings. The Hall–Kier alpha value is -1.55. The van der Waals surface area contributed by atoms with Crippen molar-refractivity contribution in [3.05, 3.63) is 35.9 Å². The lowest BCUT2D eigenvalue weighted by Gasteiger charge is -2.68. The zero-order valence-electron chi connectivity index (χ0n) is 9.61. The molecule has 1 amide bonds. The molecule has 1 aromatic carbocycles. The third-order valence-corrected chi connectivity index (χ3v) is 3.65. The van der Waals surface area contributed by atoms with E-state index in [2.05, 4.69) is 5.32 Å². The normalized spacial score (nSPS) is 33.2. The Kier molecular flexibility index (Phi) is 2.16. The summed E-state index contributed by atoms with van der Waals surface area (Å²) in [7, 11) is 0. The Balaban J connectivity index is 1.46. The average Bonchev–Trinajstić information content (AvgIpc) is 2.24. The van der Waals surface area contributed by atoms with E-state index in [-0.39, 0.29) is 17.2 Å². The molecule has 0 saturated heterocycles. The van der Waals surface area contributed by atoms with Crippen molar-refractivity contribution in [2.75, 3.05) is 0 Å². The van der Waals surface area contributed by atoms with Crippen molar-refractivity contribution in [1.29, 1.82) is 0 Å². The number of carbonyl (C=O) groups excluding carboxylic acids is 1. The Morgan fingerprint density at radius 2 is 1.94 bits per heavy atom. The third kappa shape index (κ3) is 1.89. The Morgan fingerprint density at radius 1 is 1.29 bits per heavy atom. The van der Waals surface area contributed by atoms with Crippen molar-refractivity contribution in [2.24, 2.45) is 5.73 Å². The van der Waals surface area contributed by atoms with Crippen LogP contribution in [0.1, 0.15) is 24.8 Å². The van der Waals surface area contributed by atoms with Crippen molar-refractivity contribution in [1.82, 2.24) is 5.32 Å². The van der Waals surface area contributed by atoms with E-state index in [0.717, 1.165) is 24.8 Å². The maximum atomic E-state index is 11.6. The van der Waals surface area contributed by atoms with Gasteiger partial charge in [-0.3, -0.25) is 0 Å². The number of amides is 1. The number of rotatable bonds is 3. The number of nitrogens with two attached hydrogens (primary N) is 1. The molecule has 3 saturated carbocycles. The van der Waals surface area contributed by atoms with Crippen LogP contribution >= 0.6 is 0 Å². The number of hydrogen-bond donors (Lipinski definition) is 2. The Labute approximate surface area is 100 Å². The second kappa shape index (κ2) is 3.47. The molecule has 0 unspecified atom stereocenters. The van der Waals surface area contributed by atoms with Gasteiger partial charge in [-0.15, -0.1) is 0 Å². The fraction of sp³-hybridized carbons (Fsp3) is 0.462. The average molecular weight is 232 g/mol. The van der Waals surface area contributed by atoms with Crippen LogP contribution < -0.4 is 11.1 Å². The first-order valence-electron chi connectivity index (χ1n) is 5.87. The quantitative estimate of drug-likeness (QED) is 0.831. The van der Waals surface area contributed by atoms with Gasteiger partial charge in [0.25, 0.3) is 0 Å². The molecule has 0 radical (unpaired) electrons. The summed E-state index contributed by atoms with van der Waals surface area (Å²) in [5.41, 5.74) is 6.87. The van der Waals surface area contributed by atoms with E-state index in [9.17, 15) is 4.79 Å². The molecule has 3 aliphatic carbocycles. The number of hydrogen-bond acceptors (Lipinski definition) is 3. The van der Waals surface area contributed by atoms with E-state index in [1.807, 2.05) is 30.3 Å². The predicted molar refractivity (Wildman–Crippen MR) is 63.3 cm³/mol. The molecule has 90 valence electrons. The minimum absolute atomic E-state index is 0.00666. The van der Waals surface area contributed by atoms with Crippen LogP contribution in [0.2, 0.25) is 0 Å². The third-order valence-electron chi connectivity index (χ3n) is 3.65. The van der Waals surface area contributed by atoms with Crippen molar-refractivity contribution in [3.8, 4) is 0 Å². The smallest absolute Gasteiger partial charge is 0.407 e. The molecular formula is C13H16N2O2. The monoisotopic (exact) mass is 232 g/mol. The highest BCUT2D eigenvalue weighted by Crippen LogP contribution is 2.58. The first-order valence-corrected chi connectivity index (χ1v) is 5.87. The molecule has 0 aromatic heterocycles. The SMILES string of the molecule is NC12CC(NC(=O)OCc3ccccc3)(C1)C2. The van der Waals surface area contributed by atoms with Gasteiger partial charge < -0.3 is 15.8 Å². The van der Waals surface area contributed by atoms with Crippen LogP contribution in [0.15, 0.2) is 30.3 Å². The van der Waals surface area contributed by atoms with Gasteiger partial charge in [-0.25, -0.2) is 4.79 Å². The summed E-state index contributed by atoms with van der Waals surface area (Å²) in [4.78, 5) is 11.6. The second-order valence-electron chi connectivity index (χ2n) is 5.36. The summed E-state index contributed by atoms with van der Waals surface area (Å²) < 4.78 is 5.17. The van der Waals surface area contributed by atoms with Crippen molar-refractivity contribution in [3.63, 3.8) is 0 Å². The highest BCUT2D eigenvalue weighted by Gasteiger charge is 2.66. The maximum absolute atomic E-state index is 11.6. The summed E-state index contributed by atoms with van der Waals surface area (Å²) in [6.07, 6.45) is 2.33. The zero-order chi connectivity index (χ0) is 11.9. The summed E-state index contributed by atoms with van der Waals surface area (Å²) >= 11 is 0. The van der Waals surface area contributed by atoms with Gasteiger partial charge in [0.15, 0.2) is 0 Å². The van der Waals surface area contributed by atoms with Gasteiger partial charge in [0, 0.05) is 11.1 Å². The molecule has 3 fully saturated rings. The molecule has 4 rings (SSSR count). The van der Waals surface area contributed by atoms with E-state index < -0.39 is 0 Å². The van der Waals surface area contributed by atoms with E-state index in [4.69, 9.17) is 10.5 Å². The maximum Gasteiger partial charge on any atom is 0.407 e. The minimum Gasteiger partial charge on any atom is -0.445 e. The predicted octanol–water partition coefficient (Wildman–Crippen LogP) is 1.55. The van der Waals surface area contributed by atoms with E-state index in [1.165, 1.54) is 0 Å². The van der Waals surface area contributed by atoms with Crippen LogP contribution in [0.3, 0.4) is 0 Å². The van der Waals surface area contributed by atoms with Crippen LogP contribution in [0.5, 0.6) is 0 Å². The van der Waals surface area contributed by atoms with Crippen LogP contribution in [0.4, 0.5) is 4.79 Å². The molecule has 3 N–H and O–H groups in total. The van der Waals surface area contributed by atoms with Gasteiger partial charge >= 0.3 is 6.09 Å². The standard InChI is InChI=1S/C13H16N2O2/c14-12-7-13(8-12,9-12)15-11(16)17-6-10-4-2-1-3-5-10/h1-5H,6-9,14H2,(H,15,16). The summed E-state index contributed by atoms with van der Waals surface area (Å²) in [5, 5.41) is 2.91. The first-order chi connectivity index (χ1) is 8.09. The number of alkyl carbamates (subject to hydrolysis) is 1. The van der Waals surface area contributed by atoms with Crippen molar-refractivity contribution >= 4 is 6.09 Å². The molecule has 0 heterocycles. The van der Waals surface area contributed by atoms with Crippen LogP contribution in [-0.4, -0.2) is 17.2 Å². The Morgan fingerprint density at radius 3 is 2.53 bits per heavy atom. The molecule has 0 spiro atoms. The lowest BCUT2D eigenvalue weighted by molar-refractivity contribution is -0.0750. The number of ether oxygens (including phenoxy) is 1. The van der Waals surface area contributed by atoms with Crippen LogP contribution in [0.25, 0.3) is 0 Å². The van der Waals surface area contributed by atoms with Crippen LogP contribution in [-0.2, 0) is 11.3 Å². The van der Waals surface area contributed by atoms with Crippen LogP contribution in [0, 0.1) is 0 Å². The van der Waals surface area contributed by atoms with Gasteiger partial charge in [0.1, 0.15) is 6.61 Å². The lowest BCUT2D eigenvalue weighted by Crippen LogP contribution is -2.82. The molecule has 17 heavy (non-hydrogen) atoms. The van der Waals surface area contributed by atoms with E-state index in [1.54, 1.807) is 0 Å². The molecule has 3 aliphatic rings. The van der Waals surface area contributed by atoms with Crippen molar-refractivity contribution < 1.29 is 9.53 Å². The van der Waals surface area contributed by atoms with Gasteiger partial charge in [-0.2, -0.15) is 0 Å². The lowest BCUT2D eigenvalue weighted by atomic mass is 9.45. The molecule has 0 aliphatic heterocycles. The Bertz CT molecular complexity index is 424. The molecule has 4 heteroatoms. The van der Waals surface area contributed by atoms with Gasteiger partial charge in [-0.1, -0.05) is 30.3 Å². The first kappa shape index (κ1) is 10.6. The zero-order valence-corrected chi connectivity index (χ0v) is 9.61. The minimum atomic E-state index is -0.337. The number of nitrogens with one attached hydrogen (secondary N) is 1. The second-order valence-corrected chi connectivity index (χ2v) is 5.36. The number of benzene rings is 1. The summed E-state index contributed by atoms with van der Waals surface area (Å²) in [6, 6.07) is 9.66. The fourth-order valence-electron chi connectivity index (χ4n) is 2.97. The van der Waals surface area contributed by atoms with E-state index in [0.29, 0.717) is 6.61 Å². The van der Waals surface area contributed by atoms with Gasteiger partial charge in [0.05, 0.1) is 0 Å².